The van der Waals surface area contributed by atoms with Crippen LogP contribution in [-0.4, -0.2) is 27.3 Å². The van der Waals surface area contributed by atoms with Crippen molar-refractivity contribution in [3.63, 3.8) is 0 Å². The summed E-state index contributed by atoms with van der Waals surface area (Å²) in [5.41, 5.74) is 3.76. The molecule has 116 valence electrons. The van der Waals surface area contributed by atoms with Gasteiger partial charge in [0, 0.05) is 37.4 Å². The lowest BCUT2D eigenvalue weighted by molar-refractivity contribution is 0.351. The maximum absolute atomic E-state index is 5.56. The number of ether oxygens (including phenoxy) is 2. The fraction of sp³-hybridized carbons (Fsp3) is 0.333. The van der Waals surface area contributed by atoms with Crippen molar-refractivity contribution in [3.8, 4) is 11.5 Å². The molecule has 0 atom stereocenters. The Bertz CT molecular complexity index is 643. The maximum Gasteiger partial charge on any atom is 0.165 e. The van der Waals surface area contributed by atoms with Gasteiger partial charge in [0.2, 0.25) is 0 Å². The van der Waals surface area contributed by atoms with Gasteiger partial charge >= 0.3 is 0 Å². The lowest BCUT2D eigenvalue weighted by Gasteiger charge is -2.26. The minimum atomic E-state index is 0.779. The largest absolute Gasteiger partial charge is 0.493 e. The van der Waals surface area contributed by atoms with Crippen LogP contribution < -0.4 is 19.7 Å². The number of anilines is 1. The van der Waals surface area contributed by atoms with Gasteiger partial charge in [-0.1, -0.05) is 30.3 Å². The number of hydrogen-bond donors (Lipinski definition) is 1. The molecule has 0 aliphatic carbocycles. The zero-order chi connectivity index (χ0) is 15.4. The van der Waals surface area contributed by atoms with Crippen molar-refractivity contribution in [2.24, 2.45) is 0 Å². The van der Waals surface area contributed by atoms with Crippen LogP contribution in [0.2, 0.25) is 0 Å². The number of fused-ring (bicyclic) bond motifs is 1. The van der Waals surface area contributed by atoms with E-state index in [0.29, 0.717) is 0 Å². The Labute approximate surface area is 131 Å². The summed E-state index contributed by atoms with van der Waals surface area (Å²) in [5.74, 6) is 1.60. The molecule has 1 heterocycles. The van der Waals surface area contributed by atoms with Crippen molar-refractivity contribution < 1.29 is 9.47 Å². The fourth-order valence-corrected chi connectivity index (χ4v) is 2.97. The molecule has 1 N–H and O–H groups in total. The molecule has 22 heavy (non-hydrogen) atoms. The van der Waals surface area contributed by atoms with Gasteiger partial charge in [-0.05, 0) is 17.7 Å². The maximum atomic E-state index is 5.56. The van der Waals surface area contributed by atoms with Crippen molar-refractivity contribution in [2.75, 3.05) is 32.2 Å². The van der Waals surface area contributed by atoms with E-state index in [-0.39, 0.29) is 0 Å². The predicted octanol–water partition coefficient (Wildman–Crippen LogP) is 2.81. The molecule has 0 saturated carbocycles. The molecule has 0 fully saturated rings. The first-order chi connectivity index (χ1) is 10.8. The van der Waals surface area contributed by atoms with Crippen LogP contribution in [0.1, 0.15) is 11.1 Å². The van der Waals surface area contributed by atoms with E-state index < -0.39 is 0 Å². The quantitative estimate of drug-likeness (QED) is 0.941. The van der Waals surface area contributed by atoms with Gasteiger partial charge in [0.25, 0.3) is 0 Å². The topological polar surface area (TPSA) is 33.7 Å². The highest BCUT2D eigenvalue weighted by Crippen LogP contribution is 2.33. The average molecular weight is 298 g/mol. The Kier molecular flexibility index (Phi) is 4.49. The van der Waals surface area contributed by atoms with Crippen LogP contribution in [0.5, 0.6) is 11.5 Å². The van der Waals surface area contributed by atoms with Crippen molar-refractivity contribution >= 4 is 5.69 Å². The van der Waals surface area contributed by atoms with Crippen LogP contribution >= 0.6 is 0 Å². The molecule has 4 heteroatoms. The highest BCUT2D eigenvalue weighted by atomic mass is 16.5. The Hall–Kier alpha value is -2.20. The summed E-state index contributed by atoms with van der Waals surface area (Å²) >= 11 is 0. The Morgan fingerprint density at radius 3 is 2.73 bits per heavy atom. The second kappa shape index (κ2) is 6.71. The monoisotopic (exact) mass is 298 g/mol. The van der Waals surface area contributed by atoms with Gasteiger partial charge in [0.1, 0.15) is 0 Å². The zero-order valence-corrected chi connectivity index (χ0v) is 13.1. The Morgan fingerprint density at radius 2 is 1.91 bits per heavy atom. The third-order valence-electron chi connectivity index (χ3n) is 4.05. The number of methoxy groups -OCH3 is 2. The lowest BCUT2D eigenvalue weighted by Crippen LogP contribution is -2.28. The van der Waals surface area contributed by atoms with E-state index in [2.05, 4.69) is 40.5 Å². The van der Waals surface area contributed by atoms with Gasteiger partial charge in [-0.3, -0.25) is 0 Å². The molecular formula is C18H22N2O2. The van der Waals surface area contributed by atoms with E-state index in [1.54, 1.807) is 14.2 Å². The van der Waals surface area contributed by atoms with Crippen molar-refractivity contribution in [3.05, 3.63) is 53.6 Å². The summed E-state index contributed by atoms with van der Waals surface area (Å²) in [5, 5.41) is 3.47. The number of nitrogens with one attached hydrogen (secondary N) is 1. The first kappa shape index (κ1) is 14.7. The van der Waals surface area contributed by atoms with Gasteiger partial charge < -0.3 is 19.7 Å². The SMILES string of the molecule is COc1cccc(CN2CCNCc3ccccc32)c1OC. The molecule has 1 aliphatic rings. The third kappa shape index (κ3) is 2.88. The van der Waals surface area contributed by atoms with Gasteiger partial charge in [0.15, 0.2) is 11.5 Å². The predicted molar refractivity (Wildman–Crippen MR) is 88.7 cm³/mol. The summed E-state index contributed by atoms with van der Waals surface area (Å²) in [6, 6.07) is 14.6. The van der Waals surface area contributed by atoms with E-state index in [4.69, 9.17) is 9.47 Å². The second-order valence-electron chi connectivity index (χ2n) is 5.38. The molecule has 4 nitrogen and oxygen atoms in total. The molecule has 0 saturated heterocycles. The highest BCUT2D eigenvalue weighted by molar-refractivity contribution is 5.56. The van der Waals surface area contributed by atoms with E-state index in [0.717, 1.165) is 43.2 Å². The van der Waals surface area contributed by atoms with Crippen molar-refractivity contribution in [1.29, 1.82) is 0 Å². The number of para-hydroxylation sites is 2. The van der Waals surface area contributed by atoms with Crippen LogP contribution in [0, 0.1) is 0 Å². The molecule has 0 radical (unpaired) electrons. The summed E-state index contributed by atoms with van der Waals surface area (Å²) in [6.07, 6.45) is 0. The summed E-state index contributed by atoms with van der Waals surface area (Å²) < 4.78 is 11.0. The van der Waals surface area contributed by atoms with Crippen LogP contribution in [-0.2, 0) is 13.1 Å². The van der Waals surface area contributed by atoms with Crippen LogP contribution in [0.4, 0.5) is 5.69 Å². The van der Waals surface area contributed by atoms with E-state index in [1.165, 1.54) is 11.3 Å². The average Bonchev–Trinajstić information content (AvgIpc) is 2.77. The Balaban J connectivity index is 1.93. The second-order valence-corrected chi connectivity index (χ2v) is 5.38. The molecule has 0 spiro atoms. The molecule has 2 aromatic rings. The number of nitrogens with zero attached hydrogens (tertiary/aromatic N) is 1. The van der Waals surface area contributed by atoms with E-state index >= 15 is 0 Å². The molecular weight excluding hydrogens is 276 g/mol. The molecule has 0 amide bonds. The van der Waals surface area contributed by atoms with Gasteiger partial charge in [-0.25, -0.2) is 0 Å². The number of rotatable bonds is 4. The smallest absolute Gasteiger partial charge is 0.165 e. The minimum absolute atomic E-state index is 0.779. The van der Waals surface area contributed by atoms with E-state index in [1.807, 2.05) is 12.1 Å². The summed E-state index contributed by atoms with van der Waals surface area (Å²) in [6.45, 7) is 3.67. The first-order valence-corrected chi connectivity index (χ1v) is 7.57. The summed E-state index contributed by atoms with van der Waals surface area (Å²) in [4.78, 5) is 2.40. The molecule has 2 aromatic carbocycles. The minimum Gasteiger partial charge on any atom is -0.493 e. The molecule has 1 aliphatic heterocycles. The number of hydrogen-bond acceptors (Lipinski definition) is 4. The summed E-state index contributed by atoms with van der Waals surface area (Å²) in [7, 11) is 3.37. The molecule has 0 aromatic heterocycles. The van der Waals surface area contributed by atoms with Crippen LogP contribution in [0.15, 0.2) is 42.5 Å². The van der Waals surface area contributed by atoms with Gasteiger partial charge in [0.05, 0.1) is 14.2 Å². The van der Waals surface area contributed by atoms with Gasteiger partial charge in [-0.2, -0.15) is 0 Å². The Morgan fingerprint density at radius 1 is 1.05 bits per heavy atom. The lowest BCUT2D eigenvalue weighted by atomic mass is 10.1. The fourth-order valence-electron chi connectivity index (χ4n) is 2.97. The van der Waals surface area contributed by atoms with Crippen molar-refractivity contribution in [2.45, 2.75) is 13.1 Å². The normalized spacial score (nSPS) is 14.2. The molecule has 3 rings (SSSR count). The van der Waals surface area contributed by atoms with Crippen LogP contribution in [0.25, 0.3) is 0 Å². The highest BCUT2D eigenvalue weighted by Gasteiger charge is 2.17. The van der Waals surface area contributed by atoms with E-state index in [9.17, 15) is 0 Å². The van der Waals surface area contributed by atoms with Crippen LogP contribution in [0.3, 0.4) is 0 Å². The van der Waals surface area contributed by atoms with Gasteiger partial charge in [-0.15, -0.1) is 0 Å². The third-order valence-corrected chi connectivity index (χ3v) is 4.05. The first-order valence-electron chi connectivity index (χ1n) is 7.57. The standard InChI is InChI=1S/C18H22N2O2/c1-21-17-9-5-7-15(18(17)22-2)13-20-11-10-19-12-14-6-3-4-8-16(14)20/h3-9,19H,10-13H2,1-2H3. The zero-order valence-electron chi connectivity index (χ0n) is 13.1. The number of benzene rings is 2. The molecule has 0 unspecified atom stereocenters. The van der Waals surface area contributed by atoms with Crippen molar-refractivity contribution in [1.82, 2.24) is 5.32 Å². The molecule has 0 bridgehead atoms.